The van der Waals surface area contributed by atoms with E-state index in [0.717, 1.165) is 11.6 Å². The van der Waals surface area contributed by atoms with E-state index in [2.05, 4.69) is 17.2 Å². The predicted molar refractivity (Wildman–Crippen MR) is 70.6 cm³/mol. The van der Waals surface area contributed by atoms with Gasteiger partial charge in [-0.2, -0.15) is 0 Å². The third-order valence-electron chi connectivity index (χ3n) is 2.96. The Kier molecular flexibility index (Phi) is 3.39. The molecule has 1 aromatic heterocycles. The van der Waals surface area contributed by atoms with Crippen LogP contribution in [0.25, 0.3) is 0 Å². The number of hydrogen-bond acceptors (Lipinski definition) is 3. The number of hydrogen-bond donors (Lipinski definition) is 2. The number of nitrogens with one attached hydrogen (secondary N) is 1. The predicted octanol–water partition coefficient (Wildman–Crippen LogP) is 2.32. The van der Waals surface area contributed by atoms with E-state index in [1.54, 1.807) is 6.20 Å². The minimum absolute atomic E-state index is 0.357. The average molecular weight is 235 g/mol. The first-order valence-corrected chi connectivity index (χ1v) is 6.14. The van der Waals surface area contributed by atoms with Crippen LogP contribution in [0.15, 0.2) is 18.3 Å². The zero-order valence-corrected chi connectivity index (χ0v) is 10.3. The van der Waals surface area contributed by atoms with Gasteiger partial charge in [0.05, 0.1) is 5.69 Å². The molecule has 0 aromatic carbocycles. The maximum atomic E-state index is 5.63. The maximum absolute atomic E-state index is 5.63. The highest BCUT2D eigenvalue weighted by atomic mass is 32.1. The highest BCUT2D eigenvalue weighted by Crippen LogP contribution is 2.37. The van der Waals surface area contributed by atoms with Crippen LogP contribution in [-0.4, -0.2) is 16.0 Å². The molecule has 3 nitrogen and oxygen atoms in total. The van der Waals surface area contributed by atoms with E-state index < -0.39 is 0 Å². The molecular formula is C12H17N3S. The molecule has 4 heteroatoms. The van der Waals surface area contributed by atoms with Crippen molar-refractivity contribution in [2.24, 2.45) is 11.7 Å². The highest BCUT2D eigenvalue weighted by Gasteiger charge is 2.36. The molecule has 1 heterocycles. The van der Waals surface area contributed by atoms with E-state index in [1.165, 1.54) is 19.3 Å². The molecule has 1 saturated carbocycles. The molecule has 1 fully saturated rings. The molecule has 0 spiro atoms. The summed E-state index contributed by atoms with van der Waals surface area (Å²) in [5, 5.41) is 3.47. The molecule has 0 aliphatic heterocycles. The van der Waals surface area contributed by atoms with Crippen molar-refractivity contribution in [3.05, 3.63) is 24.0 Å². The van der Waals surface area contributed by atoms with Gasteiger partial charge in [0.15, 0.2) is 0 Å². The second kappa shape index (κ2) is 4.78. The van der Waals surface area contributed by atoms with E-state index in [-0.39, 0.29) is 0 Å². The Bertz CT molecular complexity index is 392. The van der Waals surface area contributed by atoms with E-state index in [1.807, 2.05) is 12.1 Å². The van der Waals surface area contributed by atoms with Crippen LogP contribution >= 0.6 is 12.2 Å². The fraction of sp³-hybridized carbons (Fsp3) is 0.500. The van der Waals surface area contributed by atoms with Crippen LogP contribution in [0.1, 0.15) is 31.9 Å². The van der Waals surface area contributed by atoms with Gasteiger partial charge < -0.3 is 11.1 Å². The third kappa shape index (κ3) is 2.50. The molecule has 16 heavy (non-hydrogen) atoms. The lowest BCUT2D eigenvalue weighted by Gasteiger charge is -2.09. The lowest BCUT2D eigenvalue weighted by atomic mass is 10.2. The first-order valence-electron chi connectivity index (χ1n) is 5.73. The van der Waals surface area contributed by atoms with Crippen LogP contribution in [0.5, 0.6) is 0 Å². The zero-order valence-electron chi connectivity index (χ0n) is 9.44. The van der Waals surface area contributed by atoms with Crippen molar-refractivity contribution in [2.45, 2.75) is 32.2 Å². The van der Waals surface area contributed by atoms with Gasteiger partial charge in [-0.1, -0.05) is 25.6 Å². The van der Waals surface area contributed by atoms with Crippen molar-refractivity contribution in [3.63, 3.8) is 0 Å². The lowest BCUT2D eigenvalue weighted by molar-refractivity contribution is 0.692. The molecule has 1 aliphatic rings. The maximum Gasteiger partial charge on any atom is 0.124 e. The molecule has 86 valence electrons. The van der Waals surface area contributed by atoms with Gasteiger partial charge in [-0.05, 0) is 30.9 Å². The largest absolute Gasteiger partial charge is 0.388 e. The molecule has 2 atom stereocenters. The quantitative estimate of drug-likeness (QED) is 0.769. The molecule has 3 N–H and O–H groups in total. The number of nitrogens with two attached hydrogens (primary N) is 1. The van der Waals surface area contributed by atoms with Crippen LogP contribution < -0.4 is 11.1 Å². The summed E-state index contributed by atoms with van der Waals surface area (Å²) < 4.78 is 0. The number of pyridine rings is 1. The molecule has 1 aromatic rings. The Hall–Kier alpha value is -1.16. The number of anilines is 1. The Morgan fingerprint density at radius 3 is 3.19 bits per heavy atom. The minimum atomic E-state index is 0.357. The van der Waals surface area contributed by atoms with E-state index in [4.69, 9.17) is 18.0 Å². The second-order valence-electron chi connectivity index (χ2n) is 4.30. The summed E-state index contributed by atoms with van der Waals surface area (Å²) in [5.74, 6) is 0.810. The van der Waals surface area contributed by atoms with Gasteiger partial charge in [0.25, 0.3) is 0 Å². The molecule has 0 saturated heterocycles. The monoisotopic (exact) mass is 235 g/mol. The fourth-order valence-corrected chi connectivity index (χ4v) is 2.19. The van der Waals surface area contributed by atoms with Gasteiger partial charge in [-0.3, -0.25) is 4.98 Å². The first-order chi connectivity index (χ1) is 7.72. The van der Waals surface area contributed by atoms with Gasteiger partial charge in [0.1, 0.15) is 10.7 Å². The smallest absolute Gasteiger partial charge is 0.124 e. The topological polar surface area (TPSA) is 50.9 Å². The normalized spacial score (nSPS) is 22.8. The average Bonchev–Trinajstić information content (AvgIpc) is 2.97. The summed E-state index contributed by atoms with van der Waals surface area (Å²) in [6, 6.07) is 4.47. The zero-order chi connectivity index (χ0) is 11.5. The summed E-state index contributed by atoms with van der Waals surface area (Å²) >= 11 is 4.98. The first kappa shape index (κ1) is 11.3. The molecule has 0 amide bonds. The van der Waals surface area contributed by atoms with Crippen molar-refractivity contribution in [3.8, 4) is 0 Å². The number of rotatable bonds is 5. The van der Waals surface area contributed by atoms with Crippen molar-refractivity contribution < 1.29 is 0 Å². The summed E-state index contributed by atoms with van der Waals surface area (Å²) in [4.78, 5) is 4.56. The second-order valence-corrected chi connectivity index (χ2v) is 4.74. The van der Waals surface area contributed by atoms with Crippen molar-refractivity contribution in [1.29, 1.82) is 0 Å². The van der Waals surface area contributed by atoms with Crippen molar-refractivity contribution in [2.75, 3.05) is 5.32 Å². The molecular weight excluding hydrogens is 218 g/mol. The Labute approximate surface area is 101 Å². The Balaban J connectivity index is 2.02. The fourth-order valence-electron chi connectivity index (χ4n) is 2.03. The van der Waals surface area contributed by atoms with Crippen molar-refractivity contribution in [1.82, 2.24) is 4.98 Å². The lowest BCUT2D eigenvalue weighted by Crippen LogP contribution is -2.16. The summed E-state index contributed by atoms with van der Waals surface area (Å²) in [7, 11) is 0. The van der Waals surface area contributed by atoms with E-state index >= 15 is 0 Å². The van der Waals surface area contributed by atoms with Gasteiger partial charge in [-0.25, -0.2) is 0 Å². The highest BCUT2D eigenvalue weighted by molar-refractivity contribution is 7.80. The van der Waals surface area contributed by atoms with E-state index in [0.29, 0.717) is 16.7 Å². The SMILES string of the molecule is CCCC1CC1Nc1cccnc1C(N)=S. The Morgan fingerprint density at radius 1 is 1.69 bits per heavy atom. The minimum Gasteiger partial charge on any atom is -0.388 e. The molecule has 2 unspecified atom stereocenters. The molecule has 0 radical (unpaired) electrons. The summed E-state index contributed by atoms with van der Waals surface area (Å²) in [5.41, 5.74) is 7.31. The van der Waals surface area contributed by atoms with Crippen LogP contribution in [0.4, 0.5) is 5.69 Å². The summed E-state index contributed by atoms with van der Waals surface area (Å²) in [6.07, 6.45) is 5.51. The van der Waals surface area contributed by atoms with Crippen molar-refractivity contribution >= 4 is 22.9 Å². The van der Waals surface area contributed by atoms with Crippen LogP contribution in [-0.2, 0) is 0 Å². The van der Waals surface area contributed by atoms with Crippen LogP contribution in [0.2, 0.25) is 0 Å². The van der Waals surface area contributed by atoms with Gasteiger partial charge >= 0.3 is 0 Å². The molecule has 1 aliphatic carbocycles. The number of aromatic nitrogens is 1. The van der Waals surface area contributed by atoms with Gasteiger partial charge in [0.2, 0.25) is 0 Å². The number of thiocarbonyl (C=S) groups is 1. The molecule has 0 bridgehead atoms. The number of nitrogens with zero attached hydrogens (tertiary/aromatic N) is 1. The summed E-state index contributed by atoms with van der Waals surface area (Å²) in [6.45, 7) is 2.22. The van der Waals surface area contributed by atoms with E-state index in [9.17, 15) is 0 Å². The van der Waals surface area contributed by atoms with Gasteiger partial charge in [-0.15, -0.1) is 0 Å². The standard InChI is InChI=1S/C12H17N3S/c1-2-4-8-7-10(8)15-9-5-3-6-14-11(9)12(13)16/h3,5-6,8,10,15H,2,4,7H2,1H3,(H2,13,16). The molecule has 2 rings (SSSR count). The van der Waals surface area contributed by atoms with Crippen LogP contribution in [0.3, 0.4) is 0 Å². The Morgan fingerprint density at radius 2 is 2.50 bits per heavy atom. The van der Waals surface area contributed by atoms with Gasteiger partial charge in [0, 0.05) is 12.2 Å². The van der Waals surface area contributed by atoms with Crippen LogP contribution in [0, 0.1) is 5.92 Å². The third-order valence-corrected chi connectivity index (χ3v) is 3.16.